The van der Waals surface area contributed by atoms with E-state index in [2.05, 4.69) is 23.8 Å². The first kappa shape index (κ1) is 10.1. The summed E-state index contributed by atoms with van der Waals surface area (Å²) in [6.07, 6.45) is 1.17. The van der Waals surface area contributed by atoms with Gasteiger partial charge in [-0.2, -0.15) is 0 Å². The van der Waals surface area contributed by atoms with Gasteiger partial charge in [-0.25, -0.2) is 14.4 Å². The van der Waals surface area contributed by atoms with E-state index in [4.69, 9.17) is 4.74 Å². The molecule has 0 aromatic carbocycles. The van der Waals surface area contributed by atoms with Gasteiger partial charge in [0.25, 0.3) is 0 Å². The van der Waals surface area contributed by atoms with Gasteiger partial charge in [0, 0.05) is 0 Å². The molecule has 1 aromatic heterocycles. The Morgan fingerprint density at radius 2 is 2.27 bits per heavy atom. The molecule has 0 spiro atoms. The smallest absolute Gasteiger partial charge is 0.235 e. The molecule has 0 saturated heterocycles. The van der Waals surface area contributed by atoms with Crippen molar-refractivity contribution in [2.24, 2.45) is 10.9 Å². The van der Waals surface area contributed by atoms with Crippen LogP contribution in [-0.2, 0) is 4.74 Å². The van der Waals surface area contributed by atoms with Gasteiger partial charge in [-0.05, 0) is 18.1 Å². The Bertz CT molecular complexity index is 373. The van der Waals surface area contributed by atoms with Crippen LogP contribution in [-0.4, -0.2) is 23.5 Å². The van der Waals surface area contributed by atoms with Gasteiger partial charge >= 0.3 is 0 Å². The maximum Gasteiger partial charge on any atom is 0.235 e. The predicted molar refractivity (Wildman–Crippen MR) is 55.3 cm³/mol. The van der Waals surface area contributed by atoms with Crippen LogP contribution in [0, 0.1) is 11.7 Å². The molecule has 0 fully saturated rings. The summed E-state index contributed by atoms with van der Waals surface area (Å²) in [4.78, 5) is 8.32. The number of hydrogen-bond acceptors (Lipinski definition) is 3. The van der Waals surface area contributed by atoms with Crippen molar-refractivity contribution < 1.29 is 9.13 Å². The summed E-state index contributed by atoms with van der Waals surface area (Å²) in [6, 6.07) is 3.13. The minimum atomic E-state index is -0.349. The van der Waals surface area contributed by atoms with Crippen LogP contribution in [0.25, 0.3) is 0 Å². The Hall–Kier alpha value is -1.45. The van der Waals surface area contributed by atoms with E-state index >= 15 is 0 Å². The Balaban J connectivity index is 2.19. The van der Waals surface area contributed by atoms with Crippen LogP contribution in [0.4, 0.5) is 4.39 Å². The number of nitrogens with zero attached hydrogens (tertiary/aromatic N) is 2. The van der Waals surface area contributed by atoms with E-state index in [-0.39, 0.29) is 11.9 Å². The Morgan fingerprint density at radius 3 is 2.80 bits per heavy atom. The summed E-state index contributed by atoms with van der Waals surface area (Å²) < 4.78 is 18.1. The lowest BCUT2D eigenvalue weighted by Gasteiger charge is -2.06. The lowest BCUT2D eigenvalue weighted by molar-refractivity contribution is 0.291. The fourth-order valence-corrected chi connectivity index (χ4v) is 1.37. The molecule has 0 amide bonds. The van der Waals surface area contributed by atoms with Gasteiger partial charge in [0.1, 0.15) is 18.1 Å². The van der Waals surface area contributed by atoms with E-state index in [0.717, 1.165) is 0 Å². The second-order valence-corrected chi connectivity index (χ2v) is 3.92. The highest BCUT2D eigenvalue weighted by atomic mass is 19.1. The van der Waals surface area contributed by atoms with Crippen LogP contribution in [0.2, 0.25) is 0 Å². The molecule has 3 nitrogen and oxygen atoms in total. The van der Waals surface area contributed by atoms with Crippen LogP contribution in [0.3, 0.4) is 0 Å². The van der Waals surface area contributed by atoms with E-state index in [1.54, 1.807) is 6.07 Å². The van der Waals surface area contributed by atoms with Crippen molar-refractivity contribution in [3.05, 3.63) is 29.8 Å². The molecular weight excluding hydrogens is 195 g/mol. The molecule has 0 radical (unpaired) electrons. The molecule has 0 aliphatic carbocycles. The molecule has 0 bridgehead atoms. The zero-order valence-corrected chi connectivity index (χ0v) is 8.77. The third-order valence-corrected chi connectivity index (χ3v) is 2.39. The number of rotatable bonds is 2. The Morgan fingerprint density at radius 1 is 1.47 bits per heavy atom. The Labute approximate surface area is 88.0 Å². The average molecular weight is 208 g/mol. The van der Waals surface area contributed by atoms with Crippen LogP contribution >= 0.6 is 0 Å². The minimum Gasteiger partial charge on any atom is -0.474 e. The van der Waals surface area contributed by atoms with Gasteiger partial charge in [-0.3, -0.25) is 0 Å². The molecule has 1 aromatic rings. The van der Waals surface area contributed by atoms with E-state index < -0.39 is 0 Å². The Kier molecular flexibility index (Phi) is 2.66. The zero-order chi connectivity index (χ0) is 10.8. The van der Waals surface area contributed by atoms with Crippen molar-refractivity contribution in [1.82, 2.24) is 4.98 Å². The third-order valence-electron chi connectivity index (χ3n) is 2.39. The van der Waals surface area contributed by atoms with Gasteiger partial charge < -0.3 is 4.74 Å². The molecule has 80 valence electrons. The highest BCUT2D eigenvalue weighted by Gasteiger charge is 2.23. The lowest BCUT2D eigenvalue weighted by atomic mass is 10.1. The maximum atomic E-state index is 12.6. The van der Waals surface area contributed by atoms with Crippen LogP contribution < -0.4 is 0 Å². The molecule has 4 heteroatoms. The molecule has 15 heavy (non-hydrogen) atoms. The predicted octanol–water partition coefficient (Wildman–Crippen LogP) is 2.02. The summed E-state index contributed by atoms with van der Waals surface area (Å²) in [7, 11) is 0. The van der Waals surface area contributed by atoms with E-state index in [0.29, 0.717) is 24.1 Å². The van der Waals surface area contributed by atoms with Gasteiger partial charge in [0.05, 0.1) is 12.2 Å². The van der Waals surface area contributed by atoms with E-state index in [9.17, 15) is 4.39 Å². The fraction of sp³-hybridized carbons (Fsp3) is 0.455. The lowest BCUT2D eigenvalue weighted by Crippen LogP contribution is -2.13. The first-order valence-corrected chi connectivity index (χ1v) is 4.99. The first-order chi connectivity index (χ1) is 7.16. The highest BCUT2D eigenvalue weighted by Crippen LogP contribution is 2.16. The van der Waals surface area contributed by atoms with Crippen molar-refractivity contribution >= 4 is 5.90 Å². The number of aliphatic imine (C=N–C) groups is 1. The largest absolute Gasteiger partial charge is 0.474 e. The molecule has 0 saturated carbocycles. The molecule has 2 heterocycles. The number of aromatic nitrogens is 1. The summed E-state index contributed by atoms with van der Waals surface area (Å²) in [5.74, 6) is 0.620. The number of hydrogen-bond donors (Lipinski definition) is 0. The van der Waals surface area contributed by atoms with Crippen molar-refractivity contribution in [3.63, 3.8) is 0 Å². The summed E-state index contributed by atoms with van der Waals surface area (Å²) >= 11 is 0. The van der Waals surface area contributed by atoms with E-state index in [1.165, 1.54) is 12.3 Å². The first-order valence-electron chi connectivity index (χ1n) is 4.99. The number of pyridine rings is 1. The molecular formula is C11H13FN2O. The standard InChI is InChI=1S/C11H13FN2O/c1-7(2)10-6-15-11(14-10)9-4-3-8(12)5-13-9/h3-5,7,10H,6H2,1-2H3/t10-/m0/s1. The summed E-state index contributed by atoms with van der Waals surface area (Å²) in [5, 5.41) is 0. The number of ether oxygens (including phenoxy) is 1. The van der Waals surface area contributed by atoms with Gasteiger partial charge in [0.2, 0.25) is 5.90 Å². The molecule has 0 N–H and O–H groups in total. The van der Waals surface area contributed by atoms with Crippen molar-refractivity contribution in [1.29, 1.82) is 0 Å². The van der Waals surface area contributed by atoms with Crippen LogP contribution in [0.1, 0.15) is 19.5 Å². The van der Waals surface area contributed by atoms with Gasteiger partial charge in [-0.1, -0.05) is 13.8 Å². The topological polar surface area (TPSA) is 34.5 Å². The average Bonchev–Trinajstić information content (AvgIpc) is 2.68. The quantitative estimate of drug-likeness (QED) is 0.745. The third kappa shape index (κ3) is 2.14. The highest BCUT2D eigenvalue weighted by molar-refractivity contribution is 5.93. The molecule has 2 rings (SSSR count). The number of halogens is 1. The minimum absolute atomic E-state index is 0.187. The molecule has 1 aliphatic heterocycles. The monoisotopic (exact) mass is 208 g/mol. The summed E-state index contributed by atoms with van der Waals surface area (Å²) in [6.45, 7) is 4.78. The van der Waals surface area contributed by atoms with Crippen molar-refractivity contribution in [3.8, 4) is 0 Å². The molecule has 1 atom stereocenters. The van der Waals surface area contributed by atoms with E-state index in [1.807, 2.05) is 0 Å². The fourth-order valence-electron chi connectivity index (χ4n) is 1.37. The normalized spacial score (nSPS) is 20.3. The molecule has 1 aliphatic rings. The van der Waals surface area contributed by atoms with Gasteiger partial charge in [0.15, 0.2) is 0 Å². The van der Waals surface area contributed by atoms with Crippen LogP contribution in [0.5, 0.6) is 0 Å². The van der Waals surface area contributed by atoms with Crippen molar-refractivity contribution in [2.45, 2.75) is 19.9 Å². The summed E-state index contributed by atoms with van der Waals surface area (Å²) in [5.41, 5.74) is 0.597. The van der Waals surface area contributed by atoms with Gasteiger partial charge in [-0.15, -0.1) is 0 Å². The SMILES string of the molecule is CC(C)[C@@H]1COC(c2ccc(F)cn2)=N1. The second kappa shape index (κ2) is 3.96. The second-order valence-electron chi connectivity index (χ2n) is 3.92. The molecule has 0 unspecified atom stereocenters. The van der Waals surface area contributed by atoms with Crippen molar-refractivity contribution in [2.75, 3.05) is 6.61 Å². The zero-order valence-electron chi connectivity index (χ0n) is 8.77. The van der Waals surface area contributed by atoms with Crippen LogP contribution in [0.15, 0.2) is 23.3 Å². The maximum absolute atomic E-state index is 12.6.